The Labute approximate surface area is 234 Å². The molecular formula is C28H36N6O5S. The van der Waals surface area contributed by atoms with Gasteiger partial charge in [0.25, 0.3) is 5.91 Å². The minimum Gasteiger partial charge on any atom is -0.493 e. The van der Waals surface area contributed by atoms with Crippen molar-refractivity contribution in [3.8, 4) is 5.75 Å². The summed E-state index contributed by atoms with van der Waals surface area (Å²) in [5.41, 5.74) is 2.48. The largest absolute Gasteiger partial charge is 0.493 e. The average molecular weight is 569 g/mol. The molecule has 1 aliphatic heterocycles. The third-order valence-corrected chi connectivity index (χ3v) is 6.88. The van der Waals surface area contributed by atoms with Crippen LogP contribution in [-0.2, 0) is 34.5 Å². The number of sulfonamides is 1. The smallest absolute Gasteiger partial charge is 0.251 e. The molecule has 40 heavy (non-hydrogen) atoms. The molecule has 0 radical (unpaired) electrons. The average Bonchev–Trinajstić information content (AvgIpc) is 3.34. The lowest BCUT2D eigenvalue weighted by Crippen LogP contribution is -2.37. The fourth-order valence-electron chi connectivity index (χ4n) is 4.40. The van der Waals surface area contributed by atoms with Crippen LogP contribution in [0.2, 0.25) is 0 Å². The Hall–Kier alpha value is -3.90. The molecule has 11 nitrogen and oxygen atoms in total. The molecular weight excluding hydrogens is 532 g/mol. The van der Waals surface area contributed by atoms with Crippen LogP contribution in [0.4, 0.5) is 5.82 Å². The van der Waals surface area contributed by atoms with Crippen LogP contribution < -0.4 is 20.1 Å². The first-order valence-corrected chi connectivity index (χ1v) is 15.2. The molecule has 3 aromatic rings. The molecule has 0 bridgehead atoms. The van der Waals surface area contributed by atoms with E-state index in [-0.39, 0.29) is 24.2 Å². The standard InChI is InChI=1S/C28H36N6O5S/c1-40(37,38)32-26-12-15-34(31-26)16-14-30-28(36)23-10-11-24-20-33(19-22-8-4-2-5-9-22)21-27(35)29-13-6-3-7-17-39-25(24)18-23/h2,4-5,8-12,15,18H,3,6-7,13-14,16-17,19-21H2,1H3,(H,29,35)(H,30,36)(H,31,32). The van der Waals surface area contributed by atoms with Gasteiger partial charge in [-0.3, -0.25) is 23.9 Å². The summed E-state index contributed by atoms with van der Waals surface area (Å²) in [6.07, 6.45) is 5.35. The summed E-state index contributed by atoms with van der Waals surface area (Å²) in [5.74, 6) is 0.593. The Bertz CT molecular complexity index is 1390. The molecule has 12 heteroatoms. The topological polar surface area (TPSA) is 135 Å². The number of nitrogens with one attached hydrogen (secondary N) is 3. The van der Waals surface area contributed by atoms with Gasteiger partial charge in [-0.15, -0.1) is 0 Å². The number of amides is 2. The Morgan fingerprint density at radius 2 is 1.90 bits per heavy atom. The van der Waals surface area contributed by atoms with Crippen molar-refractivity contribution in [2.24, 2.45) is 0 Å². The van der Waals surface area contributed by atoms with E-state index >= 15 is 0 Å². The summed E-state index contributed by atoms with van der Waals surface area (Å²) >= 11 is 0. The maximum Gasteiger partial charge on any atom is 0.251 e. The number of ether oxygens (including phenoxy) is 1. The van der Waals surface area contributed by atoms with Gasteiger partial charge < -0.3 is 15.4 Å². The van der Waals surface area contributed by atoms with Crippen LogP contribution in [0.1, 0.15) is 40.7 Å². The summed E-state index contributed by atoms with van der Waals surface area (Å²) < 4.78 is 32.7. The van der Waals surface area contributed by atoms with Crippen molar-refractivity contribution in [2.45, 2.75) is 38.9 Å². The van der Waals surface area contributed by atoms with Crippen molar-refractivity contribution in [3.63, 3.8) is 0 Å². The lowest BCUT2D eigenvalue weighted by atomic mass is 10.1. The van der Waals surface area contributed by atoms with Crippen molar-refractivity contribution >= 4 is 27.7 Å². The lowest BCUT2D eigenvalue weighted by molar-refractivity contribution is -0.122. The van der Waals surface area contributed by atoms with E-state index in [9.17, 15) is 18.0 Å². The summed E-state index contributed by atoms with van der Waals surface area (Å²) in [6, 6.07) is 17.0. The molecule has 3 N–H and O–H groups in total. The number of hydrogen-bond acceptors (Lipinski definition) is 7. The maximum absolute atomic E-state index is 12.9. The number of fused-ring (bicyclic) bond motifs is 1. The molecule has 0 atom stereocenters. The van der Waals surface area contributed by atoms with E-state index in [1.54, 1.807) is 29.1 Å². The van der Waals surface area contributed by atoms with Crippen LogP contribution in [0.25, 0.3) is 0 Å². The van der Waals surface area contributed by atoms with Gasteiger partial charge >= 0.3 is 0 Å². The zero-order valence-corrected chi connectivity index (χ0v) is 23.5. The van der Waals surface area contributed by atoms with Gasteiger partial charge in [0.15, 0.2) is 5.82 Å². The van der Waals surface area contributed by atoms with Gasteiger partial charge in [-0.1, -0.05) is 36.4 Å². The molecule has 4 rings (SSSR count). The second-order valence-corrected chi connectivity index (χ2v) is 11.6. The Morgan fingerprint density at radius 3 is 2.70 bits per heavy atom. The van der Waals surface area contributed by atoms with Gasteiger partial charge in [-0.05, 0) is 37.0 Å². The molecule has 1 aromatic heterocycles. The van der Waals surface area contributed by atoms with Gasteiger partial charge in [0.05, 0.1) is 26.0 Å². The molecule has 2 amide bonds. The zero-order chi connectivity index (χ0) is 28.4. The third kappa shape index (κ3) is 9.38. The molecule has 0 unspecified atom stereocenters. The first-order valence-electron chi connectivity index (χ1n) is 13.3. The second kappa shape index (κ2) is 13.9. The predicted molar refractivity (Wildman–Crippen MR) is 152 cm³/mol. The molecule has 2 heterocycles. The highest BCUT2D eigenvalue weighted by molar-refractivity contribution is 7.92. The van der Waals surface area contributed by atoms with E-state index in [4.69, 9.17) is 4.74 Å². The SMILES string of the molecule is CS(=O)(=O)Nc1ccn(CCNC(=O)c2ccc3c(c2)OCCCCCNC(=O)CN(Cc2ccccc2)C3)n1. The summed E-state index contributed by atoms with van der Waals surface area (Å²) in [5, 5.41) is 10.0. The molecule has 0 aliphatic carbocycles. The first-order chi connectivity index (χ1) is 19.2. The Balaban J connectivity index is 1.44. The van der Waals surface area contributed by atoms with E-state index in [0.717, 1.165) is 36.6 Å². The van der Waals surface area contributed by atoms with Crippen molar-refractivity contribution in [3.05, 3.63) is 77.5 Å². The summed E-state index contributed by atoms with van der Waals surface area (Å²) in [4.78, 5) is 27.6. The Kier molecular flexibility index (Phi) is 10.1. The fourth-order valence-corrected chi connectivity index (χ4v) is 4.89. The number of hydrogen-bond donors (Lipinski definition) is 3. The van der Waals surface area contributed by atoms with Crippen molar-refractivity contribution in [2.75, 3.05) is 37.2 Å². The highest BCUT2D eigenvalue weighted by Crippen LogP contribution is 2.24. The molecule has 0 saturated carbocycles. The van der Waals surface area contributed by atoms with Gasteiger partial charge in [-0.25, -0.2) is 8.42 Å². The lowest BCUT2D eigenvalue weighted by Gasteiger charge is -2.23. The number of anilines is 1. The summed E-state index contributed by atoms with van der Waals surface area (Å²) in [7, 11) is -3.41. The minimum atomic E-state index is -3.41. The van der Waals surface area contributed by atoms with Crippen LogP contribution in [0.15, 0.2) is 60.8 Å². The number of aromatic nitrogens is 2. The van der Waals surface area contributed by atoms with Crippen LogP contribution >= 0.6 is 0 Å². The minimum absolute atomic E-state index is 0.00922. The van der Waals surface area contributed by atoms with E-state index in [1.165, 1.54) is 0 Å². The molecule has 0 fully saturated rings. The molecule has 2 aromatic carbocycles. The molecule has 214 valence electrons. The third-order valence-electron chi connectivity index (χ3n) is 6.30. The number of carbonyl (C=O) groups excluding carboxylic acids is 2. The van der Waals surface area contributed by atoms with Crippen molar-refractivity contribution in [1.29, 1.82) is 0 Å². The quantitative estimate of drug-likeness (QED) is 0.380. The van der Waals surface area contributed by atoms with Crippen molar-refractivity contribution < 1.29 is 22.7 Å². The van der Waals surface area contributed by atoms with Crippen LogP contribution in [0.3, 0.4) is 0 Å². The monoisotopic (exact) mass is 568 g/mol. The number of nitrogens with zero attached hydrogens (tertiary/aromatic N) is 3. The highest BCUT2D eigenvalue weighted by Gasteiger charge is 2.17. The normalized spacial score (nSPS) is 15.4. The first kappa shape index (κ1) is 29.1. The summed E-state index contributed by atoms with van der Waals surface area (Å²) in [6.45, 7) is 3.18. The van der Waals surface area contributed by atoms with E-state index < -0.39 is 10.0 Å². The van der Waals surface area contributed by atoms with E-state index in [0.29, 0.717) is 50.6 Å². The van der Waals surface area contributed by atoms with Gasteiger partial charge in [-0.2, -0.15) is 5.10 Å². The predicted octanol–water partition coefficient (Wildman–Crippen LogP) is 2.37. The van der Waals surface area contributed by atoms with Gasteiger partial charge in [0, 0.05) is 49.6 Å². The van der Waals surface area contributed by atoms with E-state index in [1.807, 2.05) is 36.4 Å². The molecule has 1 aliphatic rings. The number of carbonyl (C=O) groups is 2. The molecule has 0 spiro atoms. The van der Waals surface area contributed by atoms with Crippen LogP contribution in [0.5, 0.6) is 5.75 Å². The van der Waals surface area contributed by atoms with Gasteiger partial charge in [0.1, 0.15) is 5.75 Å². The second-order valence-electron chi connectivity index (χ2n) is 9.81. The zero-order valence-electron chi connectivity index (χ0n) is 22.6. The number of benzene rings is 2. The van der Waals surface area contributed by atoms with Crippen LogP contribution in [-0.4, -0.2) is 67.4 Å². The molecule has 0 saturated heterocycles. The van der Waals surface area contributed by atoms with Gasteiger partial charge in [0.2, 0.25) is 15.9 Å². The fraction of sp³-hybridized carbons (Fsp3) is 0.393. The van der Waals surface area contributed by atoms with Crippen LogP contribution in [0, 0.1) is 0 Å². The van der Waals surface area contributed by atoms with E-state index in [2.05, 4.69) is 25.4 Å². The maximum atomic E-state index is 12.9. The Morgan fingerprint density at radius 1 is 1.07 bits per heavy atom. The van der Waals surface area contributed by atoms with Crippen molar-refractivity contribution in [1.82, 2.24) is 25.3 Å². The number of rotatable bonds is 8. The highest BCUT2D eigenvalue weighted by atomic mass is 32.2.